The molecule has 1 fully saturated rings. The lowest BCUT2D eigenvalue weighted by molar-refractivity contribution is 1.06. The van der Waals surface area contributed by atoms with Gasteiger partial charge in [0.1, 0.15) is 5.15 Å². The molecule has 0 bridgehead atoms. The molecule has 0 amide bonds. The standard InChI is InChI=1S/C14H12ClIN2/c1-8-12(16)13(15)18-14(17-8)11-5-3-2-4-10(11)9-6-7-9/h2-5,9H,6-7H2,1H3. The first-order chi connectivity index (χ1) is 8.66. The van der Waals surface area contributed by atoms with E-state index in [4.69, 9.17) is 11.6 Å². The van der Waals surface area contributed by atoms with Gasteiger partial charge >= 0.3 is 0 Å². The van der Waals surface area contributed by atoms with E-state index in [2.05, 4.69) is 50.8 Å². The lowest BCUT2D eigenvalue weighted by Gasteiger charge is -2.09. The van der Waals surface area contributed by atoms with Crippen molar-refractivity contribution in [2.45, 2.75) is 25.7 Å². The van der Waals surface area contributed by atoms with Gasteiger partial charge in [0.05, 0.1) is 9.26 Å². The second kappa shape index (κ2) is 4.78. The van der Waals surface area contributed by atoms with Crippen molar-refractivity contribution in [3.8, 4) is 11.4 Å². The maximum atomic E-state index is 6.16. The van der Waals surface area contributed by atoms with E-state index in [0.29, 0.717) is 11.1 Å². The molecule has 4 heteroatoms. The molecule has 0 N–H and O–H groups in total. The summed E-state index contributed by atoms with van der Waals surface area (Å²) < 4.78 is 0.932. The molecule has 0 atom stereocenters. The highest BCUT2D eigenvalue weighted by molar-refractivity contribution is 14.1. The van der Waals surface area contributed by atoms with Gasteiger partial charge in [-0.25, -0.2) is 9.97 Å². The maximum absolute atomic E-state index is 6.16. The summed E-state index contributed by atoms with van der Waals surface area (Å²) >= 11 is 8.34. The Hall–Kier alpha value is -0.680. The van der Waals surface area contributed by atoms with Gasteiger partial charge in [0.25, 0.3) is 0 Å². The Labute approximate surface area is 125 Å². The van der Waals surface area contributed by atoms with Gasteiger partial charge in [0, 0.05) is 5.56 Å². The number of aryl methyl sites for hydroxylation is 1. The van der Waals surface area contributed by atoms with Crippen molar-refractivity contribution >= 4 is 34.2 Å². The molecule has 18 heavy (non-hydrogen) atoms. The molecule has 0 spiro atoms. The van der Waals surface area contributed by atoms with E-state index in [9.17, 15) is 0 Å². The van der Waals surface area contributed by atoms with Crippen LogP contribution in [0.4, 0.5) is 0 Å². The van der Waals surface area contributed by atoms with E-state index in [0.717, 1.165) is 20.7 Å². The van der Waals surface area contributed by atoms with Crippen molar-refractivity contribution in [2.75, 3.05) is 0 Å². The van der Waals surface area contributed by atoms with Crippen molar-refractivity contribution in [2.24, 2.45) is 0 Å². The molecule has 1 aromatic carbocycles. The minimum absolute atomic E-state index is 0.545. The van der Waals surface area contributed by atoms with Gasteiger partial charge in [-0.15, -0.1) is 0 Å². The molecule has 0 radical (unpaired) electrons. The van der Waals surface area contributed by atoms with E-state index < -0.39 is 0 Å². The molecule has 0 aliphatic heterocycles. The normalized spacial score (nSPS) is 14.8. The van der Waals surface area contributed by atoms with Crippen molar-refractivity contribution in [3.63, 3.8) is 0 Å². The number of benzene rings is 1. The van der Waals surface area contributed by atoms with Gasteiger partial charge in [-0.05, 0) is 53.8 Å². The number of hydrogen-bond acceptors (Lipinski definition) is 2. The third kappa shape index (κ3) is 2.26. The average Bonchev–Trinajstić information content (AvgIpc) is 3.19. The molecule has 2 aromatic rings. The van der Waals surface area contributed by atoms with Gasteiger partial charge in [0.15, 0.2) is 5.82 Å². The molecule has 92 valence electrons. The zero-order valence-electron chi connectivity index (χ0n) is 9.95. The van der Waals surface area contributed by atoms with Crippen LogP contribution in [0, 0.1) is 10.5 Å². The second-order valence-corrected chi connectivity index (χ2v) is 6.04. The van der Waals surface area contributed by atoms with E-state index in [1.54, 1.807) is 0 Å². The van der Waals surface area contributed by atoms with E-state index in [-0.39, 0.29) is 0 Å². The summed E-state index contributed by atoms with van der Waals surface area (Å²) in [5.41, 5.74) is 3.42. The molecule has 1 saturated carbocycles. The van der Waals surface area contributed by atoms with Gasteiger partial charge in [-0.2, -0.15) is 0 Å². The highest BCUT2D eigenvalue weighted by Gasteiger charge is 2.27. The predicted octanol–water partition coefficient (Wildman–Crippen LogP) is 4.59. The molecular weight excluding hydrogens is 359 g/mol. The smallest absolute Gasteiger partial charge is 0.161 e. The zero-order valence-corrected chi connectivity index (χ0v) is 12.9. The molecule has 0 saturated heterocycles. The summed E-state index contributed by atoms with van der Waals surface area (Å²) in [4.78, 5) is 8.99. The predicted molar refractivity (Wildman–Crippen MR) is 81.9 cm³/mol. The number of rotatable bonds is 2. The van der Waals surface area contributed by atoms with Gasteiger partial charge in [0.2, 0.25) is 0 Å². The number of hydrogen-bond donors (Lipinski definition) is 0. The van der Waals surface area contributed by atoms with Crippen molar-refractivity contribution < 1.29 is 0 Å². The largest absolute Gasteiger partial charge is 0.232 e. The number of nitrogens with zero attached hydrogens (tertiary/aromatic N) is 2. The van der Waals surface area contributed by atoms with Crippen LogP contribution >= 0.6 is 34.2 Å². The van der Waals surface area contributed by atoms with Crippen LogP contribution in [0.5, 0.6) is 0 Å². The third-order valence-electron chi connectivity index (χ3n) is 3.20. The molecule has 1 aromatic heterocycles. The molecular formula is C14H12ClIN2. The van der Waals surface area contributed by atoms with Crippen LogP contribution in [-0.4, -0.2) is 9.97 Å². The van der Waals surface area contributed by atoms with Crippen molar-refractivity contribution in [1.29, 1.82) is 0 Å². The quantitative estimate of drug-likeness (QED) is 0.571. The van der Waals surface area contributed by atoms with Crippen LogP contribution in [0.3, 0.4) is 0 Å². The topological polar surface area (TPSA) is 25.8 Å². The molecule has 1 heterocycles. The summed E-state index contributed by atoms with van der Waals surface area (Å²) in [6, 6.07) is 8.38. The lowest BCUT2D eigenvalue weighted by atomic mass is 10.0. The molecule has 1 aliphatic carbocycles. The average molecular weight is 371 g/mol. The van der Waals surface area contributed by atoms with Crippen LogP contribution in [0.15, 0.2) is 24.3 Å². The fourth-order valence-corrected chi connectivity index (χ4v) is 2.55. The van der Waals surface area contributed by atoms with Crippen LogP contribution < -0.4 is 0 Å². The fraction of sp³-hybridized carbons (Fsp3) is 0.286. The Morgan fingerprint density at radius 3 is 2.61 bits per heavy atom. The zero-order chi connectivity index (χ0) is 12.7. The summed E-state index contributed by atoms with van der Waals surface area (Å²) in [7, 11) is 0. The third-order valence-corrected chi connectivity index (χ3v) is 5.08. The molecule has 1 aliphatic rings. The summed E-state index contributed by atoms with van der Waals surface area (Å²) in [5.74, 6) is 1.43. The maximum Gasteiger partial charge on any atom is 0.161 e. The lowest BCUT2D eigenvalue weighted by Crippen LogP contribution is -1.98. The summed E-state index contributed by atoms with van der Waals surface area (Å²) in [5, 5.41) is 0.545. The first-order valence-corrected chi connectivity index (χ1v) is 7.41. The highest BCUT2D eigenvalue weighted by Crippen LogP contribution is 2.43. The monoisotopic (exact) mass is 370 g/mol. The first-order valence-electron chi connectivity index (χ1n) is 5.95. The van der Waals surface area contributed by atoms with Gasteiger partial charge in [-0.1, -0.05) is 35.9 Å². The molecule has 0 unspecified atom stereocenters. The Bertz CT molecular complexity index is 585. The summed E-state index contributed by atoms with van der Waals surface area (Å²) in [6.07, 6.45) is 2.54. The minimum atomic E-state index is 0.545. The Balaban J connectivity index is 2.15. The van der Waals surface area contributed by atoms with E-state index >= 15 is 0 Å². The molecule has 3 rings (SSSR count). The Morgan fingerprint density at radius 2 is 1.94 bits per heavy atom. The first kappa shape index (κ1) is 12.4. The van der Waals surface area contributed by atoms with Crippen molar-refractivity contribution in [3.05, 3.63) is 44.2 Å². The van der Waals surface area contributed by atoms with Gasteiger partial charge in [-0.3, -0.25) is 0 Å². The highest BCUT2D eigenvalue weighted by atomic mass is 127. The second-order valence-electron chi connectivity index (χ2n) is 4.60. The minimum Gasteiger partial charge on any atom is -0.232 e. The Kier molecular flexibility index (Phi) is 3.28. The number of halogens is 2. The fourth-order valence-electron chi connectivity index (χ4n) is 2.10. The van der Waals surface area contributed by atoms with Gasteiger partial charge < -0.3 is 0 Å². The van der Waals surface area contributed by atoms with Crippen LogP contribution in [0.1, 0.15) is 30.0 Å². The van der Waals surface area contributed by atoms with Crippen LogP contribution in [0.25, 0.3) is 11.4 Å². The van der Waals surface area contributed by atoms with Crippen LogP contribution in [0.2, 0.25) is 5.15 Å². The van der Waals surface area contributed by atoms with E-state index in [1.165, 1.54) is 18.4 Å². The SMILES string of the molecule is Cc1nc(-c2ccccc2C2CC2)nc(Cl)c1I. The summed E-state index contributed by atoms with van der Waals surface area (Å²) in [6.45, 7) is 1.97. The van der Waals surface area contributed by atoms with E-state index in [1.807, 2.05) is 13.0 Å². The number of aromatic nitrogens is 2. The molecule has 2 nitrogen and oxygen atoms in total. The Morgan fingerprint density at radius 1 is 1.22 bits per heavy atom. The van der Waals surface area contributed by atoms with Crippen LogP contribution in [-0.2, 0) is 0 Å². The van der Waals surface area contributed by atoms with Crippen molar-refractivity contribution in [1.82, 2.24) is 9.97 Å².